The van der Waals surface area contributed by atoms with Crippen molar-refractivity contribution in [3.05, 3.63) is 0 Å². The van der Waals surface area contributed by atoms with Crippen molar-refractivity contribution in [1.29, 1.82) is 0 Å². The maximum atomic E-state index is 12.6. The van der Waals surface area contributed by atoms with Gasteiger partial charge in [-0.25, -0.2) is 4.79 Å². The Labute approximate surface area is 204 Å². The number of hydrogen-bond donors (Lipinski definition) is 10. The molecule has 0 aromatic heterocycles. The number of guanidine groups is 1. The molecule has 0 aliphatic carbocycles. The van der Waals surface area contributed by atoms with Crippen LogP contribution in [0.2, 0.25) is 0 Å². The Morgan fingerprint density at radius 3 is 2.06 bits per heavy atom. The summed E-state index contributed by atoms with van der Waals surface area (Å²) in [5, 5.41) is 26.4. The topological polar surface area (TPSA) is 261 Å². The second-order valence-corrected chi connectivity index (χ2v) is 8.07. The molecule has 0 radical (unpaired) electrons. The molecule has 0 bridgehead atoms. The van der Waals surface area contributed by atoms with E-state index < -0.39 is 54.0 Å². The largest absolute Gasteiger partial charge is 0.480 e. The van der Waals surface area contributed by atoms with Gasteiger partial charge in [0.1, 0.15) is 18.1 Å². The molecule has 5 unspecified atom stereocenters. The van der Waals surface area contributed by atoms with Crippen molar-refractivity contribution in [2.75, 3.05) is 18.8 Å². The van der Waals surface area contributed by atoms with Gasteiger partial charge in [0, 0.05) is 12.3 Å². The summed E-state index contributed by atoms with van der Waals surface area (Å²) in [6.07, 6.45) is 0.523. The van der Waals surface area contributed by atoms with E-state index in [-0.39, 0.29) is 31.1 Å². The zero-order valence-electron chi connectivity index (χ0n) is 19.3. The highest BCUT2D eigenvalue weighted by molar-refractivity contribution is 7.80. The summed E-state index contributed by atoms with van der Waals surface area (Å²) >= 11 is 4.05. The van der Waals surface area contributed by atoms with Gasteiger partial charge in [-0.15, -0.1) is 0 Å². The fourth-order valence-corrected chi connectivity index (χ4v) is 3.05. The van der Waals surface area contributed by atoms with Crippen LogP contribution in [-0.2, 0) is 19.2 Å². The van der Waals surface area contributed by atoms with Gasteiger partial charge in [-0.2, -0.15) is 12.6 Å². The van der Waals surface area contributed by atoms with Crippen molar-refractivity contribution < 1.29 is 29.4 Å². The average Bonchev–Trinajstić information content (AvgIpc) is 2.76. The number of nitrogens with zero attached hydrogens (tertiary/aromatic N) is 1. The van der Waals surface area contributed by atoms with Gasteiger partial charge in [-0.3, -0.25) is 19.4 Å². The molecule has 3 amide bonds. The number of aliphatic hydroxyl groups excluding tert-OH is 1. The van der Waals surface area contributed by atoms with Crippen molar-refractivity contribution >= 4 is 42.3 Å². The van der Waals surface area contributed by atoms with Gasteiger partial charge in [0.15, 0.2) is 5.96 Å². The molecule has 0 aliphatic rings. The summed E-state index contributed by atoms with van der Waals surface area (Å²) in [7, 11) is 0. The van der Waals surface area contributed by atoms with E-state index in [1.807, 2.05) is 0 Å². The van der Waals surface area contributed by atoms with Crippen molar-refractivity contribution in [3.63, 3.8) is 0 Å². The minimum absolute atomic E-state index is 0.0771. The minimum atomic E-state index is -1.46. The molecule has 5 atom stereocenters. The molecule has 0 saturated heterocycles. The third-order valence-corrected chi connectivity index (χ3v) is 5.11. The zero-order chi connectivity index (χ0) is 26.3. The third-order valence-electron chi connectivity index (χ3n) is 4.74. The second kappa shape index (κ2) is 16.9. The van der Waals surface area contributed by atoms with Gasteiger partial charge in [-0.05, 0) is 45.6 Å². The van der Waals surface area contributed by atoms with Crippen molar-refractivity contribution in [1.82, 2.24) is 16.0 Å². The second-order valence-electron chi connectivity index (χ2n) is 7.71. The zero-order valence-corrected chi connectivity index (χ0v) is 20.2. The molecule has 13 N–H and O–H groups in total. The lowest BCUT2D eigenvalue weighted by Gasteiger charge is -2.26. The first-order chi connectivity index (χ1) is 15.9. The maximum absolute atomic E-state index is 12.6. The molecule has 0 fully saturated rings. The number of thiol groups is 1. The summed E-state index contributed by atoms with van der Waals surface area (Å²) in [4.78, 5) is 52.7. The van der Waals surface area contributed by atoms with E-state index in [0.29, 0.717) is 25.8 Å². The van der Waals surface area contributed by atoms with E-state index in [0.717, 1.165) is 0 Å². The summed E-state index contributed by atoms with van der Waals surface area (Å²) in [5.74, 6) is -3.76. The molecule has 15 heteroatoms. The van der Waals surface area contributed by atoms with Crippen LogP contribution >= 0.6 is 12.6 Å². The normalized spacial score (nSPS) is 15.2. The fourth-order valence-electron chi connectivity index (χ4n) is 2.79. The lowest BCUT2D eigenvalue weighted by molar-refractivity contribution is -0.143. The minimum Gasteiger partial charge on any atom is -0.480 e. The smallest absolute Gasteiger partial charge is 0.326 e. The molecule has 0 saturated carbocycles. The third kappa shape index (κ3) is 12.6. The number of aliphatic carboxylic acids is 1. The number of carbonyl (C=O) groups is 4. The first-order valence-corrected chi connectivity index (χ1v) is 11.5. The number of aliphatic imine (C=N–C) groups is 1. The highest BCUT2D eigenvalue weighted by Crippen LogP contribution is 2.04. The van der Waals surface area contributed by atoms with E-state index in [2.05, 4.69) is 33.6 Å². The lowest BCUT2D eigenvalue weighted by atomic mass is 10.1. The standard InChI is InChI=1S/C19H38N8O6S/c1-10(28)14(17(31)25-12(18(32)33)6-2-3-7-20)27-16(30)13(9-34)26-15(29)11(21)5-4-8-24-19(22)23/h10-14,28,34H,2-9,20-21H2,1H3,(H,25,31)(H,26,29)(H,27,30)(H,32,33)(H4,22,23,24). The molecule has 0 heterocycles. The molecular weight excluding hydrogens is 468 g/mol. The molecule has 0 rings (SSSR count). The number of carboxylic acid groups (broad SMARTS) is 1. The van der Waals surface area contributed by atoms with E-state index >= 15 is 0 Å². The van der Waals surface area contributed by atoms with E-state index in [1.54, 1.807) is 0 Å². The predicted octanol–water partition coefficient (Wildman–Crippen LogP) is -3.65. The Kier molecular flexibility index (Phi) is 15.6. The number of hydrogen-bond acceptors (Lipinski definition) is 9. The quantitative estimate of drug-likeness (QED) is 0.0400. The van der Waals surface area contributed by atoms with Crippen LogP contribution in [0.3, 0.4) is 0 Å². The number of amides is 3. The monoisotopic (exact) mass is 506 g/mol. The summed E-state index contributed by atoms with van der Waals surface area (Å²) in [5.41, 5.74) is 21.7. The van der Waals surface area contributed by atoms with E-state index in [4.69, 9.17) is 22.9 Å². The number of nitrogens with two attached hydrogens (primary N) is 4. The van der Waals surface area contributed by atoms with Crippen LogP contribution in [0.4, 0.5) is 0 Å². The molecule has 34 heavy (non-hydrogen) atoms. The Morgan fingerprint density at radius 1 is 0.941 bits per heavy atom. The molecule has 0 spiro atoms. The number of carbonyl (C=O) groups excluding carboxylic acids is 3. The first kappa shape index (κ1) is 31.4. The summed E-state index contributed by atoms with van der Waals surface area (Å²) < 4.78 is 0. The SMILES string of the molecule is CC(O)C(NC(=O)C(CS)NC(=O)C(N)CCCN=C(N)N)C(=O)NC(CCCCN)C(=O)O. The van der Waals surface area contributed by atoms with Crippen LogP contribution in [0.15, 0.2) is 4.99 Å². The van der Waals surface area contributed by atoms with Crippen LogP contribution in [0.25, 0.3) is 0 Å². The number of rotatable bonds is 17. The first-order valence-electron chi connectivity index (χ1n) is 10.9. The maximum Gasteiger partial charge on any atom is 0.326 e. The van der Waals surface area contributed by atoms with E-state index in [9.17, 15) is 29.4 Å². The fraction of sp³-hybridized carbons (Fsp3) is 0.737. The average molecular weight is 507 g/mol. The molecule has 0 aromatic rings. The van der Waals surface area contributed by atoms with Crippen LogP contribution < -0.4 is 38.9 Å². The van der Waals surface area contributed by atoms with Gasteiger partial charge in [0.05, 0.1) is 12.1 Å². The van der Waals surface area contributed by atoms with Gasteiger partial charge in [0.25, 0.3) is 0 Å². The number of carboxylic acids is 1. The number of aliphatic hydroxyl groups is 1. The lowest BCUT2D eigenvalue weighted by Crippen LogP contribution is -2.60. The molecule has 14 nitrogen and oxygen atoms in total. The predicted molar refractivity (Wildman–Crippen MR) is 130 cm³/mol. The van der Waals surface area contributed by atoms with Gasteiger partial charge < -0.3 is 49.1 Å². The highest BCUT2D eigenvalue weighted by Gasteiger charge is 2.32. The Morgan fingerprint density at radius 2 is 1.56 bits per heavy atom. The van der Waals surface area contributed by atoms with Crippen LogP contribution in [0, 0.1) is 0 Å². The van der Waals surface area contributed by atoms with Crippen LogP contribution in [-0.4, -0.2) is 89.0 Å². The van der Waals surface area contributed by atoms with Gasteiger partial charge in [0.2, 0.25) is 17.7 Å². The molecule has 0 aromatic carbocycles. The number of nitrogens with one attached hydrogen (secondary N) is 3. The molecule has 0 aliphatic heterocycles. The van der Waals surface area contributed by atoms with Gasteiger partial charge >= 0.3 is 5.97 Å². The Balaban J connectivity index is 5.02. The van der Waals surface area contributed by atoms with Crippen LogP contribution in [0.1, 0.15) is 39.0 Å². The highest BCUT2D eigenvalue weighted by atomic mass is 32.1. The molecular formula is C19H38N8O6S. The van der Waals surface area contributed by atoms with E-state index in [1.165, 1.54) is 6.92 Å². The van der Waals surface area contributed by atoms with Crippen molar-refractivity contribution in [2.45, 2.75) is 69.3 Å². The van der Waals surface area contributed by atoms with Gasteiger partial charge in [-0.1, -0.05) is 0 Å². The Bertz CT molecular complexity index is 704. The van der Waals surface area contributed by atoms with Crippen LogP contribution in [0.5, 0.6) is 0 Å². The molecule has 196 valence electrons. The number of unbranched alkanes of at least 4 members (excludes halogenated alkanes) is 1. The Hall–Kier alpha value is -2.62. The summed E-state index contributed by atoms with van der Waals surface area (Å²) in [6.45, 7) is 1.92. The summed E-state index contributed by atoms with van der Waals surface area (Å²) in [6, 6.07) is -4.77. The van der Waals surface area contributed by atoms with Crippen molar-refractivity contribution in [3.8, 4) is 0 Å². The van der Waals surface area contributed by atoms with Crippen molar-refractivity contribution in [2.24, 2.45) is 27.9 Å².